The molecule has 6 nitrogen and oxygen atoms in total. The number of ether oxygens (including phenoxy) is 1. The average molecular weight is 281 g/mol. The van der Waals surface area contributed by atoms with E-state index in [0.717, 1.165) is 12.8 Å². The van der Waals surface area contributed by atoms with E-state index < -0.39 is 5.97 Å². The van der Waals surface area contributed by atoms with Gasteiger partial charge in [0, 0.05) is 19.7 Å². The van der Waals surface area contributed by atoms with Gasteiger partial charge in [0.05, 0.1) is 12.3 Å². The number of carboxylic acid groups (broad SMARTS) is 1. The number of aromatic carboxylic acids is 1. The largest absolute Gasteiger partial charge is 0.477 e. The zero-order valence-electron chi connectivity index (χ0n) is 12.3. The second-order valence-electron chi connectivity index (χ2n) is 4.57. The molecule has 0 aliphatic heterocycles. The minimum absolute atomic E-state index is 0.00238. The zero-order chi connectivity index (χ0) is 15.1. The van der Waals surface area contributed by atoms with E-state index in [2.05, 4.69) is 18.8 Å². The fourth-order valence-corrected chi connectivity index (χ4v) is 2.19. The summed E-state index contributed by atoms with van der Waals surface area (Å²) in [6.07, 6.45) is 1.86. The first-order chi connectivity index (χ1) is 9.54. The van der Waals surface area contributed by atoms with Crippen molar-refractivity contribution in [2.24, 2.45) is 0 Å². The number of pyridine rings is 1. The number of hydrogen-bond acceptors (Lipinski definition) is 5. The Labute approximate surface area is 119 Å². The molecule has 0 aliphatic carbocycles. The van der Waals surface area contributed by atoms with Crippen LogP contribution in [0.5, 0.6) is 0 Å². The lowest BCUT2D eigenvalue weighted by Crippen LogP contribution is -2.38. The molecule has 0 spiro atoms. The van der Waals surface area contributed by atoms with Gasteiger partial charge in [0.2, 0.25) is 0 Å². The molecule has 0 aromatic carbocycles. The van der Waals surface area contributed by atoms with E-state index in [1.165, 1.54) is 6.07 Å². The molecule has 3 N–H and O–H groups in total. The van der Waals surface area contributed by atoms with E-state index in [4.69, 9.17) is 15.6 Å². The van der Waals surface area contributed by atoms with Crippen LogP contribution in [-0.4, -0.2) is 42.4 Å². The van der Waals surface area contributed by atoms with E-state index in [0.29, 0.717) is 24.7 Å². The fraction of sp³-hybridized carbons (Fsp3) is 0.571. The van der Waals surface area contributed by atoms with Gasteiger partial charge in [0.15, 0.2) is 11.5 Å². The number of aromatic nitrogens is 1. The topological polar surface area (TPSA) is 88.7 Å². The van der Waals surface area contributed by atoms with Crippen molar-refractivity contribution in [3.8, 4) is 0 Å². The highest BCUT2D eigenvalue weighted by Crippen LogP contribution is 2.25. The summed E-state index contributed by atoms with van der Waals surface area (Å²) in [4.78, 5) is 17.3. The van der Waals surface area contributed by atoms with Gasteiger partial charge in [-0.3, -0.25) is 0 Å². The summed E-state index contributed by atoms with van der Waals surface area (Å²) >= 11 is 0. The summed E-state index contributed by atoms with van der Waals surface area (Å²) in [5.41, 5.74) is 6.46. The minimum atomic E-state index is -1.05. The number of methoxy groups -OCH3 is 1. The minimum Gasteiger partial charge on any atom is -0.477 e. The van der Waals surface area contributed by atoms with Crippen molar-refractivity contribution in [2.75, 3.05) is 30.9 Å². The summed E-state index contributed by atoms with van der Waals surface area (Å²) in [7, 11) is 1.63. The van der Waals surface area contributed by atoms with E-state index in [1.54, 1.807) is 13.2 Å². The summed E-state index contributed by atoms with van der Waals surface area (Å²) in [6.45, 7) is 5.34. The second-order valence-corrected chi connectivity index (χ2v) is 4.57. The van der Waals surface area contributed by atoms with E-state index in [-0.39, 0.29) is 11.7 Å². The van der Waals surface area contributed by atoms with Crippen LogP contribution in [0.2, 0.25) is 0 Å². The maximum atomic E-state index is 11.1. The molecule has 0 radical (unpaired) electrons. The van der Waals surface area contributed by atoms with Crippen LogP contribution in [0.15, 0.2) is 12.1 Å². The van der Waals surface area contributed by atoms with Crippen LogP contribution in [0.3, 0.4) is 0 Å². The molecular formula is C14H23N3O3. The molecule has 6 heteroatoms. The van der Waals surface area contributed by atoms with Gasteiger partial charge in [-0.25, -0.2) is 9.78 Å². The monoisotopic (exact) mass is 281 g/mol. The van der Waals surface area contributed by atoms with E-state index in [1.807, 2.05) is 4.90 Å². The lowest BCUT2D eigenvalue weighted by molar-refractivity contribution is 0.0690. The highest BCUT2D eigenvalue weighted by Gasteiger charge is 2.20. The van der Waals surface area contributed by atoms with E-state index >= 15 is 0 Å². The summed E-state index contributed by atoms with van der Waals surface area (Å²) in [5, 5.41) is 9.06. The Balaban J connectivity index is 3.17. The van der Waals surface area contributed by atoms with Crippen LogP contribution in [0.1, 0.15) is 37.2 Å². The molecule has 0 atom stereocenters. The van der Waals surface area contributed by atoms with Crippen molar-refractivity contribution in [3.63, 3.8) is 0 Å². The van der Waals surface area contributed by atoms with Crippen LogP contribution < -0.4 is 10.6 Å². The smallest absolute Gasteiger partial charge is 0.354 e. The maximum Gasteiger partial charge on any atom is 0.354 e. The Morgan fingerprint density at radius 1 is 1.45 bits per heavy atom. The Hall–Kier alpha value is -1.82. The number of nitrogens with two attached hydrogens (primary N) is 1. The Morgan fingerprint density at radius 3 is 2.60 bits per heavy atom. The van der Waals surface area contributed by atoms with Crippen molar-refractivity contribution in [3.05, 3.63) is 17.8 Å². The molecule has 0 saturated heterocycles. The summed E-state index contributed by atoms with van der Waals surface area (Å²) in [6, 6.07) is 3.26. The second kappa shape index (κ2) is 7.69. The first kappa shape index (κ1) is 16.2. The molecule has 0 bridgehead atoms. The van der Waals surface area contributed by atoms with Gasteiger partial charge in [0.25, 0.3) is 0 Å². The average Bonchev–Trinajstić information content (AvgIpc) is 2.44. The third-order valence-corrected chi connectivity index (χ3v) is 3.32. The van der Waals surface area contributed by atoms with E-state index in [9.17, 15) is 4.79 Å². The molecule has 0 aliphatic rings. The lowest BCUT2D eigenvalue weighted by Gasteiger charge is -2.32. The quantitative estimate of drug-likeness (QED) is 0.757. The number of hydrogen-bond donors (Lipinski definition) is 2. The van der Waals surface area contributed by atoms with Crippen LogP contribution in [0, 0.1) is 0 Å². The Morgan fingerprint density at radius 2 is 2.10 bits per heavy atom. The first-order valence-corrected chi connectivity index (χ1v) is 6.80. The number of anilines is 2. The lowest BCUT2D eigenvalue weighted by atomic mass is 10.1. The molecule has 20 heavy (non-hydrogen) atoms. The predicted molar refractivity (Wildman–Crippen MR) is 79.2 cm³/mol. The van der Waals surface area contributed by atoms with Crippen LogP contribution in [0.4, 0.5) is 11.5 Å². The molecule has 1 aromatic heterocycles. The molecule has 0 saturated carbocycles. The van der Waals surface area contributed by atoms with Gasteiger partial charge in [-0.1, -0.05) is 13.8 Å². The SMILES string of the molecule is CCC(CC)N(CCOC)c1nc(C(=O)O)ccc1N. The van der Waals surface area contributed by atoms with Crippen molar-refractivity contribution in [1.29, 1.82) is 0 Å². The molecule has 1 aromatic rings. The number of carbonyl (C=O) groups is 1. The van der Waals surface area contributed by atoms with Crippen LogP contribution in [-0.2, 0) is 4.74 Å². The predicted octanol–water partition coefficient (Wildman–Crippen LogP) is 2.00. The molecule has 0 amide bonds. The van der Waals surface area contributed by atoms with Gasteiger partial charge in [-0.2, -0.15) is 0 Å². The third kappa shape index (κ3) is 3.84. The molecule has 1 heterocycles. The van der Waals surface area contributed by atoms with Gasteiger partial charge < -0.3 is 20.5 Å². The maximum absolute atomic E-state index is 11.1. The first-order valence-electron chi connectivity index (χ1n) is 6.80. The standard InChI is InChI=1S/C14H23N3O3/c1-4-10(5-2)17(8-9-20-3)13-11(15)6-7-12(16-13)14(18)19/h6-7,10H,4-5,8-9,15H2,1-3H3,(H,18,19). The number of nitrogens with zero attached hydrogens (tertiary/aromatic N) is 2. The van der Waals surface area contributed by atoms with Crippen molar-refractivity contribution in [2.45, 2.75) is 32.7 Å². The third-order valence-electron chi connectivity index (χ3n) is 3.32. The van der Waals surface area contributed by atoms with Crippen molar-refractivity contribution >= 4 is 17.5 Å². The fourth-order valence-electron chi connectivity index (χ4n) is 2.19. The Bertz CT molecular complexity index is 447. The molecular weight excluding hydrogens is 258 g/mol. The van der Waals surface area contributed by atoms with Gasteiger partial charge in [0.1, 0.15) is 0 Å². The molecule has 112 valence electrons. The highest BCUT2D eigenvalue weighted by molar-refractivity contribution is 5.87. The highest BCUT2D eigenvalue weighted by atomic mass is 16.5. The van der Waals surface area contributed by atoms with Crippen molar-refractivity contribution < 1.29 is 14.6 Å². The normalized spacial score (nSPS) is 10.8. The van der Waals surface area contributed by atoms with Gasteiger partial charge in [-0.15, -0.1) is 0 Å². The number of nitrogen functional groups attached to an aromatic ring is 1. The van der Waals surface area contributed by atoms with Gasteiger partial charge >= 0.3 is 5.97 Å². The summed E-state index contributed by atoms with van der Waals surface area (Å²) in [5.74, 6) is -0.530. The molecule has 0 unspecified atom stereocenters. The van der Waals surface area contributed by atoms with Crippen LogP contribution >= 0.6 is 0 Å². The summed E-state index contributed by atoms with van der Waals surface area (Å²) < 4.78 is 5.12. The van der Waals surface area contributed by atoms with Crippen LogP contribution in [0.25, 0.3) is 0 Å². The van der Waals surface area contributed by atoms with Gasteiger partial charge in [-0.05, 0) is 25.0 Å². The zero-order valence-corrected chi connectivity index (χ0v) is 12.3. The molecule has 1 rings (SSSR count). The number of rotatable bonds is 8. The number of carboxylic acids is 1. The van der Waals surface area contributed by atoms with Crippen molar-refractivity contribution in [1.82, 2.24) is 4.98 Å². The Kier molecular flexibility index (Phi) is 6.24. The molecule has 0 fully saturated rings.